The maximum absolute atomic E-state index is 10.6. The fraction of sp³-hybridized carbons (Fsp3) is 0.250. The highest BCUT2D eigenvalue weighted by Crippen LogP contribution is 2.40. The molecule has 0 aliphatic carbocycles. The molecule has 0 spiro atoms. The lowest BCUT2D eigenvalue weighted by atomic mass is 10.2. The van der Waals surface area contributed by atoms with Crippen LogP contribution in [0.3, 0.4) is 0 Å². The van der Waals surface area contributed by atoms with E-state index < -0.39 is 4.92 Å². The second-order valence-corrected chi connectivity index (χ2v) is 4.25. The highest BCUT2D eigenvalue weighted by atomic mass is 79.9. The Labute approximate surface area is 97.7 Å². The van der Waals surface area contributed by atoms with Crippen LogP contribution in [0.25, 0.3) is 0 Å². The van der Waals surface area contributed by atoms with Gasteiger partial charge in [0.25, 0.3) is 5.69 Å². The summed E-state index contributed by atoms with van der Waals surface area (Å²) in [5.74, 6) is 0.563. The van der Waals surface area contributed by atoms with Crippen molar-refractivity contribution in [3.05, 3.63) is 30.7 Å². The van der Waals surface area contributed by atoms with E-state index in [0.29, 0.717) is 20.3 Å². The van der Waals surface area contributed by atoms with Crippen LogP contribution in [0.5, 0.6) is 5.75 Å². The summed E-state index contributed by atoms with van der Waals surface area (Å²) in [6.07, 6.45) is 0. The first kappa shape index (κ1) is 11.5. The molecule has 0 heterocycles. The molecule has 0 N–H and O–H groups in total. The molecule has 1 aromatic rings. The van der Waals surface area contributed by atoms with E-state index in [1.807, 2.05) is 0 Å². The molecule has 76 valence electrons. The van der Waals surface area contributed by atoms with Crippen LogP contribution in [0.1, 0.15) is 5.56 Å². The molecule has 0 amide bonds. The minimum atomic E-state index is -0.426. The Bertz CT molecular complexity index is 393. The lowest BCUT2D eigenvalue weighted by Gasteiger charge is -2.08. The molecule has 0 bridgehead atoms. The SMILES string of the molecule is COc1c(Br)cc([N+](=O)[O-])c(C)c1Br. The van der Waals surface area contributed by atoms with Crippen molar-refractivity contribution in [1.82, 2.24) is 0 Å². The Morgan fingerprint density at radius 3 is 2.50 bits per heavy atom. The summed E-state index contributed by atoms with van der Waals surface area (Å²) in [6, 6.07) is 1.43. The van der Waals surface area contributed by atoms with Gasteiger partial charge in [-0.3, -0.25) is 10.1 Å². The largest absolute Gasteiger partial charge is 0.494 e. The number of halogens is 2. The average Bonchev–Trinajstić information content (AvgIpc) is 2.12. The number of methoxy groups -OCH3 is 1. The Morgan fingerprint density at radius 2 is 2.07 bits per heavy atom. The predicted molar refractivity (Wildman–Crippen MR) is 59.8 cm³/mol. The van der Waals surface area contributed by atoms with E-state index in [0.717, 1.165) is 0 Å². The molecule has 0 aromatic heterocycles. The van der Waals surface area contributed by atoms with Crippen LogP contribution in [0.2, 0.25) is 0 Å². The van der Waals surface area contributed by atoms with Gasteiger partial charge in [0, 0.05) is 11.6 Å². The summed E-state index contributed by atoms with van der Waals surface area (Å²) in [5.41, 5.74) is 0.611. The highest BCUT2D eigenvalue weighted by molar-refractivity contribution is 9.11. The van der Waals surface area contributed by atoms with E-state index in [1.54, 1.807) is 6.92 Å². The number of ether oxygens (including phenoxy) is 1. The van der Waals surface area contributed by atoms with Crippen molar-refractivity contribution >= 4 is 37.5 Å². The van der Waals surface area contributed by atoms with Gasteiger partial charge >= 0.3 is 0 Å². The van der Waals surface area contributed by atoms with Gasteiger partial charge in [-0.2, -0.15) is 0 Å². The number of rotatable bonds is 2. The smallest absolute Gasteiger partial charge is 0.274 e. The zero-order chi connectivity index (χ0) is 10.9. The molecule has 0 aliphatic rings. The van der Waals surface area contributed by atoms with Gasteiger partial charge in [0.15, 0.2) is 0 Å². The van der Waals surface area contributed by atoms with Crippen molar-refractivity contribution in [2.45, 2.75) is 6.92 Å². The monoisotopic (exact) mass is 323 g/mol. The first-order valence-electron chi connectivity index (χ1n) is 3.66. The molecule has 6 heteroatoms. The van der Waals surface area contributed by atoms with Gasteiger partial charge in [-0.1, -0.05) is 0 Å². The summed E-state index contributed by atoms with van der Waals surface area (Å²) in [4.78, 5) is 10.2. The van der Waals surface area contributed by atoms with Crippen molar-refractivity contribution in [3.63, 3.8) is 0 Å². The summed E-state index contributed by atoms with van der Waals surface area (Å²) in [6.45, 7) is 1.66. The fourth-order valence-electron chi connectivity index (χ4n) is 1.06. The Kier molecular flexibility index (Phi) is 3.49. The summed E-state index contributed by atoms with van der Waals surface area (Å²) >= 11 is 6.45. The Morgan fingerprint density at radius 1 is 1.50 bits per heavy atom. The van der Waals surface area contributed by atoms with Crippen LogP contribution in [-0.2, 0) is 0 Å². The van der Waals surface area contributed by atoms with Gasteiger partial charge in [-0.15, -0.1) is 0 Å². The van der Waals surface area contributed by atoms with E-state index in [-0.39, 0.29) is 5.69 Å². The third-order valence-electron chi connectivity index (χ3n) is 1.79. The third kappa shape index (κ3) is 1.90. The van der Waals surface area contributed by atoms with E-state index in [4.69, 9.17) is 4.74 Å². The maximum Gasteiger partial charge on any atom is 0.274 e. The number of benzene rings is 1. The molecule has 0 atom stereocenters. The predicted octanol–water partition coefficient (Wildman–Crippen LogP) is 3.44. The minimum absolute atomic E-state index is 0.0598. The third-order valence-corrected chi connectivity index (χ3v) is 3.34. The number of nitro groups is 1. The topological polar surface area (TPSA) is 52.4 Å². The van der Waals surface area contributed by atoms with Crippen molar-refractivity contribution in [2.24, 2.45) is 0 Å². The quantitative estimate of drug-likeness (QED) is 0.618. The van der Waals surface area contributed by atoms with Gasteiger partial charge in [0.05, 0.1) is 21.0 Å². The first-order chi connectivity index (χ1) is 6.49. The standard InChI is InChI=1S/C8H7Br2NO3/c1-4-6(11(12)13)3-5(9)8(14-2)7(4)10/h3H,1-2H3. The Hall–Kier alpha value is -0.620. The molecule has 0 unspecified atom stereocenters. The second kappa shape index (κ2) is 4.27. The fourth-order valence-corrected chi connectivity index (χ4v) is 2.48. The van der Waals surface area contributed by atoms with Crippen LogP contribution in [-0.4, -0.2) is 12.0 Å². The molecule has 0 saturated heterocycles. The van der Waals surface area contributed by atoms with Gasteiger partial charge < -0.3 is 4.74 Å². The maximum atomic E-state index is 10.6. The number of hydrogen-bond acceptors (Lipinski definition) is 3. The van der Waals surface area contributed by atoms with Crippen LogP contribution in [0.4, 0.5) is 5.69 Å². The number of nitro benzene ring substituents is 1. The van der Waals surface area contributed by atoms with Crippen LogP contribution in [0.15, 0.2) is 15.0 Å². The molecule has 4 nitrogen and oxygen atoms in total. The summed E-state index contributed by atoms with van der Waals surface area (Å²) < 4.78 is 6.23. The molecular weight excluding hydrogens is 318 g/mol. The van der Waals surface area contributed by atoms with E-state index in [2.05, 4.69) is 31.9 Å². The molecule has 0 fully saturated rings. The summed E-state index contributed by atoms with van der Waals surface area (Å²) in [7, 11) is 1.51. The molecule has 0 saturated carbocycles. The van der Waals surface area contributed by atoms with E-state index >= 15 is 0 Å². The molecule has 1 rings (SSSR count). The van der Waals surface area contributed by atoms with Crippen LogP contribution >= 0.6 is 31.9 Å². The molecule has 0 aliphatic heterocycles. The van der Waals surface area contributed by atoms with Gasteiger partial charge in [-0.25, -0.2) is 0 Å². The van der Waals surface area contributed by atoms with Gasteiger partial charge in [0.2, 0.25) is 0 Å². The van der Waals surface area contributed by atoms with Crippen molar-refractivity contribution in [2.75, 3.05) is 7.11 Å². The molecule has 1 aromatic carbocycles. The normalized spacial score (nSPS) is 10.0. The molecule has 14 heavy (non-hydrogen) atoms. The lowest BCUT2D eigenvalue weighted by Crippen LogP contribution is -1.95. The van der Waals surface area contributed by atoms with Crippen LogP contribution < -0.4 is 4.74 Å². The van der Waals surface area contributed by atoms with Crippen molar-refractivity contribution < 1.29 is 9.66 Å². The van der Waals surface area contributed by atoms with E-state index in [9.17, 15) is 10.1 Å². The average molecular weight is 325 g/mol. The number of hydrogen-bond donors (Lipinski definition) is 0. The molecule has 0 radical (unpaired) electrons. The minimum Gasteiger partial charge on any atom is -0.494 e. The Balaban J connectivity index is 3.47. The zero-order valence-electron chi connectivity index (χ0n) is 7.51. The van der Waals surface area contributed by atoms with Gasteiger partial charge in [-0.05, 0) is 38.8 Å². The van der Waals surface area contributed by atoms with Crippen molar-refractivity contribution in [3.8, 4) is 5.75 Å². The van der Waals surface area contributed by atoms with Crippen LogP contribution in [0, 0.1) is 17.0 Å². The highest BCUT2D eigenvalue weighted by Gasteiger charge is 2.19. The zero-order valence-corrected chi connectivity index (χ0v) is 10.7. The van der Waals surface area contributed by atoms with E-state index in [1.165, 1.54) is 13.2 Å². The molecular formula is C8H7Br2NO3. The van der Waals surface area contributed by atoms with Crippen molar-refractivity contribution in [1.29, 1.82) is 0 Å². The lowest BCUT2D eigenvalue weighted by molar-refractivity contribution is -0.385. The first-order valence-corrected chi connectivity index (χ1v) is 5.24. The summed E-state index contributed by atoms with van der Waals surface area (Å²) in [5, 5.41) is 10.6. The second-order valence-electron chi connectivity index (χ2n) is 2.61. The number of nitrogens with zero attached hydrogens (tertiary/aromatic N) is 1. The van der Waals surface area contributed by atoms with Gasteiger partial charge in [0.1, 0.15) is 5.75 Å².